The van der Waals surface area contributed by atoms with Crippen LogP contribution in [0.1, 0.15) is 11.3 Å². The Hall–Kier alpha value is -0.800. The summed E-state index contributed by atoms with van der Waals surface area (Å²) in [5, 5.41) is 1.32. The van der Waals surface area contributed by atoms with Crippen molar-refractivity contribution in [2.45, 2.75) is 13.5 Å². The van der Waals surface area contributed by atoms with Gasteiger partial charge in [0.1, 0.15) is 0 Å². The zero-order chi connectivity index (χ0) is 11.0. The minimum atomic E-state index is 0.974. The third-order valence-corrected chi connectivity index (χ3v) is 3.05. The lowest BCUT2D eigenvalue weighted by Crippen LogP contribution is -2.11. The van der Waals surface area contributed by atoms with E-state index >= 15 is 0 Å². The minimum absolute atomic E-state index is 0.974. The van der Waals surface area contributed by atoms with Crippen LogP contribution in [0.15, 0.2) is 22.7 Å². The molecule has 3 heteroatoms. The van der Waals surface area contributed by atoms with Crippen LogP contribution < -0.4 is 0 Å². The lowest BCUT2D eigenvalue weighted by molar-refractivity contribution is 0.403. The van der Waals surface area contributed by atoms with Gasteiger partial charge in [-0.3, -0.25) is 0 Å². The number of H-pyrrole nitrogens is 1. The molecule has 0 aliphatic carbocycles. The van der Waals surface area contributed by atoms with Crippen LogP contribution in [-0.2, 0) is 6.54 Å². The molecule has 1 aromatic carbocycles. The molecule has 1 heterocycles. The molecule has 0 saturated heterocycles. The molecule has 0 atom stereocenters. The van der Waals surface area contributed by atoms with Crippen LogP contribution in [0.4, 0.5) is 0 Å². The molecule has 15 heavy (non-hydrogen) atoms. The standard InChI is InChI=1S/C12H15BrN2/c1-8-11(7-15(2)3)10-6-9(13)4-5-12(10)14-8/h4-6,14H,7H2,1-3H3. The zero-order valence-corrected chi connectivity index (χ0v) is 10.9. The van der Waals surface area contributed by atoms with Crippen molar-refractivity contribution in [1.82, 2.24) is 9.88 Å². The molecule has 2 rings (SSSR count). The largest absolute Gasteiger partial charge is 0.358 e. The van der Waals surface area contributed by atoms with Gasteiger partial charge in [-0.15, -0.1) is 0 Å². The molecule has 0 aliphatic rings. The molecule has 0 radical (unpaired) electrons. The van der Waals surface area contributed by atoms with Crippen molar-refractivity contribution in [3.63, 3.8) is 0 Å². The number of fused-ring (bicyclic) bond motifs is 1. The highest BCUT2D eigenvalue weighted by molar-refractivity contribution is 9.10. The summed E-state index contributed by atoms with van der Waals surface area (Å²) in [4.78, 5) is 5.60. The van der Waals surface area contributed by atoms with Crippen LogP contribution in [0.5, 0.6) is 0 Å². The number of nitrogens with one attached hydrogen (secondary N) is 1. The molecule has 80 valence electrons. The second kappa shape index (κ2) is 3.99. The second-order valence-electron chi connectivity index (χ2n) is 4.16. The number of aryl methyl sites for hydroxylation is 1. The van der Waals surface area contributed by atoms with Gasteiger partial charge in [0.2, 0.25) is 0 Å². The summed E-state index contributed by atoms with van der Waals surface area (Å²) in [5.74, 6) is 0. The highest BCUT2D eigenvalue weighted by Crippen LogP contribution is 2.26. The molecule has 0 amide bonds. The Morgan fingerprint density at radius 1 is 1.33 bits per heavy atom. The van der Waals surface area contributed by atoms with Crippen LogP contribution in [0.3, 0.4) is 0 Å². The minimum Gasteiger partial charge on any atom is -0.358 e. The summed E-state index contributed by atoms with van der Waals surface area (Å²) in [6.07, 6.45) is 0. The van der Waals surface area contributed by atoms with E-state index in [0.717, 1.165) is 11.0 Å². The first-order chi connectivity index (χ1) is 7.08. The predicted octanol–water partition coefficient (Wildman–Crippen LogP) is 3.30. The Kier molecular flexibility index (Phi) is 2.85. The van der Waals surface area contributed by atoms with E-state index in [2.05, 4.69) is 65.0 Å². The normalized spacial score (nSPS) is 11.5. The summed E-state index contributed by atoms with van der Waals surface area (Å²) in [7, 11) is 4.19. The third kappa shape index (κ3) is 2.08. The fourth-order valence-corrected chi connectivity index (χ4v) is 2.24. The van der Waals surface area contributed by atoms with Crippen LogP contribution in [0.2, 0.25) is 0 Å². The molecule has 0 fully saturated rings. The molecule has 1 aromatic heterocycles. The molecule has 0 saturated carbocycles. The van der Waals surface area contributed by atoms with Gasteiger partial charge in [-0.2, -0.15) is 0 Å². The number of rotatable bonds is 2. The van der Waals surface area contributed by atoms with Gasteiger partial charge in [-0.05, 0) is 44.8 Å². The predicted molar refractivity (Wildman–Crippen MR) is 68.1 cm³/mol. The number of halogens is 1. The first-order valence-electron chi connectivity index (χ1n) is 4.99. The molecular formula is C12H15BrN2. The van der Waals surface area contributed by atoms with Crippen LogP contribution in [-0.4, -0.2) is 24.0 Å². The Morgan fingerprint density at radius 2 is 2.07 bits per heavy atom. The van der Waals surface area contributed by atoms with E-state index in [9.17, 15) is 0 Å². The average molecular weight is 267 g/mol. The van der Waals surface area contributed by atoms with E-state index in [4.69, 9.17) is 0 Å². The van der Waals surface area contributed by atoms with E-state index in [1.165, 1.54) is 22.2 Å². The van der Waals surface area contributed by atoms with Crippen molar-refractivity contribution in [2.75, 3.05) is 14.1 Å². The maximum Gasteiger partial charge on any atom is 0.0460 e. The van der Waals surface area contributed by atoms with E-state index in [0.29, 0.717) is 0 Å². The number of aromatic nitrogens is 1. The van der Waals surface area contributed by atoms with Gasteiger partial charge in [0.25, 0.3) is 0 Å². The second-order valence-corrected chi connectivity index (χ2v) is 5.07. The monoisotopic (exact) mass is 266 g/mol. The Balaban J connectivity index is 2.60. The summed E-state index contributed by atoms with van der Waals surface area (Å²) in [6.45, 7) is 3.11. The fourth-order valence-electron chi connectivity index (χ4n) is 1.87. The van der Waals surface area contributed by atoms with Gasteiger partial charge in [0.05, 0.1) is 0 Å². The van der Waals surface area contributed by atoms with Gasteiger partial charge in [0, 0.05) is 27.6 Å². The number of aromatic amines is 1. The third-order valence-electron chi connectivity index (χ3n) is 2.56. The first kappa shape index (κ1) is 10.7. The molecule has 1 N–H and O–H groups in total. The van der Waals surface area contributed by atoms with Crippen molar-refractivity contribution < 1.29 is 0 Å². The van der Waals surface area contributed by atoms with E-state index < -0.39 is 0 Å². The van der Waals surface area contributed by atoms with Crippen molar-refractivity contribution in [3.05, 3.63) is 33.9 Å². The molecule has 0 spiro atoms. The van der Waals surface area contributed by atoms with Crippen LogP contribution in [0.25, 0.3) is 10.9 Å². The average Bonchev–Trinajstić information content (AvgIpc) is 2.43. The Labute approximate surface area is 98.4 Å². The van der Waals surface area contributed by atoms with Crippen molar-refractivity contribution in [1.29, 1.82) is 0 Å². The number of benzene rings is 1. The molecule has 0 unspecified atom stereocenters. The first-order valence-corrected chi connectivity index (χ1v) is 5.78. The van der Waals surface area contributed by atoms with Crippen LogP contribution in [0, 0.1) is 6.92 Å². The van der Waals surface area contributed by atoms with E-state index in [1.807, 2.05) is 0 Å². The molecule has 0 aliphatic heterocycles. The van der Waals surface area contributed by atoms with Gasteiger partial charge in [-0.1, -0.05) is 15.9 Å². The van der Waals surface area contributed by atoms with Crippen molar-refractivity contribution in [2.24, 2.45) is 0 Å². The van der Waals surface area contributed by atoms with Gasteiger partial charge in [0.15, 0.2) is 0 Å². The maximum absolute atomic E-state index is 3.51. The lowest BCUT2D eigenvalue weighted by atomic mass is 10.1. The Bertz CT molecular complexity index is 486. The molecule has 2 aromatic rings. The smallest absolute Gasteiger partial charge is 0.0460 e. The summed E-state index contributed by atoms with van der Waals surface area (Å²) < 4.78 is 1.13. The van der Waals surface area contributed by atoms with Crippen LogP contribution >= 0.6 is 15.9 Å². The van der Waals surface area contributed by atoms with Crippen molar-refractivity contribution >= 4 is 26.8 Å². The molecular weight excluding hydrogens is 252 g/mol. The number of hydrogen-bond acceptors (Lipinski definition) is 1. The fraction of sp³-hybridized carbons (Fsp3) is 0.333. The van der Waals surface area contributed by atoms with E-state index in [1.54, 1.807) is 0 Å². The summed E-state index contributed by atoms with van der Waals surface area (Å²) in [5.41, 5.74) is 3.86. The molecule has 0 bridgehead atoms. The highest BCUT2D eigenvalue weighted by atomic mass is 79.9. The highest BCUT2D eigenvalue weighted by Gasteiger charge is 2.08. The quantitative estimate of drug-likeness (QED) is 0.884. The zero-order valence-electron chi connectivity index (χ0n) is 9.26. The van der Waals surface area contributed by atoms with Gasteiger partial charge >= 0.3 is 0 Å². The molecule has 2 nitrogen and oxygen atoms in total. The summed E-state index contributed by atoms with van der Waals surface area (Å²) in [6, 6.07) is 6.36. The number of nitrogens with zero attached hydrogens (tertiary/aromatic N) is 1. The maximum atomic E-state index is 3.51. The van der Waals surface area contributed by atoms with Crippen molar-refractivity contribution in [3.8, 4) is 0 Å². The lowest BCUT2D eigenvalue weighted by Gasteiger charge is -2.09. The van der Waals surface area contributed by atoms with E-state index in [-0.39, 0.29) is 0 Å². The van der Waals surface area contributed by atoms with Gasteiger partial charge in [-0.25, -0.2) is 0 Å². The number of hydrogen-bond donors (Lipinski definition) is 1. The topological polar surface area (TPSA) is 19.0 Å². The van der Waals surface area contributed by atoms with Gasteiger partial charge < -0.3 is 9.88 Å². The Morgan fingerprint density at radius 3 is 2.73 bits per heavy atom. The summed E-state index contributed by atoms with van der Waals surface area (Å²) >= 11 is 3.51. The SMILES string of the molecule is Cc1[nH]c2ccc(Br)cc2c1CN(C)C.